The second kappa shape index (κ2) is 7.60. The third kappa shape index (κ3) is 3.55. The van der Waals surface area contributed by atoms with Crippen molar-refractivity contribution in [2.24, 2.45) is 0 Å². The molecule has 3 aromatic carbocycles. The zero-order valence-corrected chi connectivity index (χ0v) is 15.3. The highest BCUT2D eigenvalue weighted by Gasteiger charge is 2.24. The topological polar surface area (TPSA) is 44.9 Å². The Morgan fingerprint density at radius 3 is 2.44 bits per heavy atom. The standard InChI is InChI=1S/C24H22N2O/c1-17-9-5-6-12-19(17)15-26-23(18-10-3-2-4-11-18)24(27)21-16-25-22-14-8-7-13-20(21)22/h2-14,16,23,25-26H,15H2,1H3. The maximum atomic E-state index is 13.4. The number of Topliss-reactive ketones (excluding diaryl/α,β-unsaturated/α-hetero) is 1. The van der Waals surface area contributed by atoms with Crippen molar-refractivity contribution in [1.29, 1.82) is 0 Å². The van der Waals surface area contributed by atoms with Crippen LogP contribution in [0.1, 0.15) is 33.1 Å². The normalized spacial score (nSPS) is 12.2. The minimum absolute atomic E-state index is 0.0761. The van der Waals surface area contributed by atoms with E-state index >= 15 is 0 Å². The van der Waals surface area contributed by atoms with Gasteiger partial charge in [0, 0.05) is 29.2 Å². The van der Waals surface area contributed by atoms with Crippen LogP contribution in [0.25, 0.3) is 10.9 Å². The summed E-state index contributed by atoms with van der Waals surface area (Å²) >= 11 is 0. The third-order valence-corrected chi connectivity index (χ3v) is 5.01. The molecule has 0 spiro atoms. The van der Waals surface area contributed by atoms with Gasteiger partial charge in [-0.05, 0) is 29.7 Å². The van der Waals surface area contributed by atoms with Gasteiger partial charge in [0.15, 0.2) is 5.78 Å². The van der Waals surface area contributed by atoms with Gasteiger partial charge in [0.2, 0.25) is 0 Å². The zero-order valence-electron chi connectivity index (χ0n) is 15.3. The van der Waals surface area contributed by atoms with E-state index in [2.05, 4.69) is 29.4 Å². The van der Waals surface area contributed by atoms with Crippen LogP contribution in [0.4, 0.5) is 0 Å². The number of aromatic nitrogens is 1. The maximum Gasteiger partial charge on any atom is 0.186 e. The Labute approximate surface area is 159 Å². The van der Waals surface area contributed by atoms with Crippen molar-refractivity contribution in [3.05, 3.63) is 107 Å². The van der Waals surface area contributed by atoms with Crippen molar-refractivity contribution in [2.75, 3.05) is 0 Å². The van der Waals surface area contributed by atoms with Crippen molar-refractivity contribution >= 4 is 16.7 Å². The Morgan fingerprint density at radius 1 is 0.926 bits per heavy atom. The first-order chi connectivity index (χ1) is 13.2. The fourth-order valence-corrected chi connectivity index (χ4v) is 3.46. The quantitative estimate of drug-likeness (QED) is 0.468. The Hall–Kier alpha value is -3.17. The fraction of sp³-hybridized carbons (Fsp3) is 0.125. The molecule has 3 heteroatoms. The summed E-state index contributed by atoms with van der Waals surface area (Å²) in [4.78, 5) is 16.7. The van der Waals surface area contributed by atoms with Gasteiger partial charge in [0.25, 0.3) is 0 Å². The van der Waals surface area contributed by atoms with Gasteiger partial charge in [-0.2, -0.15) is 0 Å². The molecule has 1 atom stereocenters. The Kier molecular flexibility index (Phi) is 4.86. The van der Waals surface area contributed by atoms with Crippen LogP contribution in [-0.4, -0.2) is 10.8 Å². The number of carbonyl (C=O) groups excluding carboxylic acids is 1. The summed E-state index contributed by atoms with van der Waals surface area (Å²) < 4.78 is 0. The minimum atomic E-state index is -0.398. The first-order valence-corrected chi connectivity index (χ1v) is 9.17. The van der Waals surface area contributed by atoms with Crippen molar-refractivity contribution < 1.29 is 4.79 Å². The van der Waals surface area contributed by atoms with Crippen molar-refractivity contribution in [1.82, 2.24) is 10.3 Å². The highest BCUT2D eigenvalue weighted by atomic mass is 16.1. The van der Waals surface area contributed by atoms with Crippen molar-refractivity contribution in [3.63, 3.8) is 0 Å². The van der Waals surface area contributed by atoms with Crippen LogP contribution >= 0.6 is 0 Å². The number of ketones is 1. The van der Waals surface area contributed by atoms with Gasteiger partial charge < -0.3 is 4.98 Å². The molecule has 27 heavy (non-hydrogen) atoms. The molecule has 0 bridgehead atoms. The van der Waals surface area contributed by atoms with Gasteiger partial charge >= 0.3 is 0 Å². The number of nitrogens with one attached hydrogen (secondary N) is 2. The summed E-state index contributed by atoms with van der Waals surface area (Å²) in [7, 11) is 0. The number of benzene rings is 3. The van der Waals surface area contributed by atoms with Crippen LogP contribution in [0.3, 0.4) is 0 Å². The SMILES string of the molecule is Cc1ccccc1CNC(C(=O)c1c[nH]c2ccccc12)c1ccccc1. The average Bonchev–Trinajstić information content (AvgIpc) is 3.14. The van der Waals surface area contributed by atoms with Gasteiger partial charge in [-0.15, -0.1) is 0 Å². The molecule has 0 aliphatic heterocycles. The number of para-hydroxylation sites is 1. The molecule has 0 saturated carbocycles. The predicted molar refractivity (Wildman–Crippen MR) is 110 cm³/mol. The van der Waals surface area contributed by atoms with Gasteiger partial charge in [0.1, 0.15) is 0 Å². The molecule has 0 radical (unpaired) electrons. The average molecular weight is 354 g/mol. The van der Waals surface area contributed by atoms with Gasteiger partial charge in [-0.3, -0.25) is 10.1 Å². The molecule has 0 aliphatic rings. The smallest absolute Gasteiger partial charge is 0.186 e. The van der Waals surface area contributed by atoms with Crippen molar-refractivity contribution in [2.45, 2.75) is 19.5 Å². The Balaban J connectivity index is 1.68. The second-order valence-corrected chi connectivity index (χ2v) is 6.76. The molecule has 4 aromatic rings. The third-order valence-electron chi connectivity index (χ3n) is 5.01. The summed E-state index contributed by atoms with van der Waals surface area (Å²) in [6.45, 7) is 2.73. The lowest BCUT2D eigenvalue weighted by molar-refractivity contribution is 0.0943. The Bertz CT molecular complexity index is 1070. The highest BCUT2D eigenvalue weighted by molar-refractivity contribution is 6.10. The van der Waals surface area contributed by atoms with Crippen LogP contribution in [-0.2, 0) is 6.54 Å². The molecule has 1 unspecified atom stereocenters. The van der Waals surface area contributed by atoms with Crippen LogP contribution in [0, 0.1) is 6.92 Å². The molecule has 0 saturated heterocycles. The summed E-state index contributed by atoms with van der Waals surface area (Å²) in [6.07, 6.45) is 1.82. The van der Waals surface area contributed by atoms with E-state index in [9.17, 15) is 4.79 Å². The van der Waals surface area contributed by atoms with Crippen molar-refractivity contribution in [3.8, 4) is 0 Å². The molecule has 1 heterocycles. The maximum absolute atomic E-state index is 13.4. The monoisotopic (exact) mass is 354 g/mol. The molecule has 0 aliphatic carbocycles. The first-order valence-electron chi connectivity index (χ1n) is 9.17. The molecule has 2 N–H and O–H groups in total. The van der Waals surface area contributed by atoms with Gasteiger partial charge in [0.05, 0.1) is 6.04 Å². The van der Waals surface area contributed by atoms with Crippen LogP contribution in [0.5, 0.6) is 0 Å². The van der Waals surface area contributed by atoms with Crippen LogP contribution < -0.4 is 5.32 Å². The zero-order chi connectivity index (χ0) is 18.6. The lowest BCUT2D eigenvalue weighted by Crippen LogP contribution is -2.28. The van der Waals surface area contributed by atoms with E-state index in [1.165, 1.54) is 11.1 Å². The van der Waals surface area contributed by atoms with Gasteiger partial charge in [-0.1, -0.05) is 72.8 Å². The molecular weight excluding hydrogens is 332 g/mol. The largest absolute Gasteiger partial charge is 0.360 e. The number of carbonyl (C=O) groups is 1. The van der Waals surface area contributed by atoms with E-state index in [-0.39, 0.29) is 5.78 Å². The summed E-state index contributed by atoms with van der Waals surface area (Å²) in [5.74, 6) is 0.0761. The van der Waals surface area contributed by atoms with E-state index in [1.807, 2.05) is 72.9 Å². The van der Waals surface area contributed by atoms with E-state index in [1.54, 1.807) is 0 Å². The van der Waals surface area contributed by atoms with E-state index in [0.717, 1.165) is 22.0 Å². The van der Waals surface area contributed by atoms with E-state index in [0.29, 0.717) is 6.54 Å². The number of aryl methyl sites for hydroxylation is 1. The molecule has 1 aromatic heterocycles. The lowest BCUT2D eigenvalue weighted by atomic mass is 9.96. The number of aromatic amines is 1. The molecule has 0 amide bonds. The molecule has 3 nitrogen and oxygen atoms in total. The van der Waals surface area contributed by atoms with Crippen LogP contribution in [0.15, 0.2) is 85.1 Å². The number of fused-ring (bicyclic) bond motifs is 1. The van der Waals surface area contributed by atoms with E-state index in [4.69, 9.17) is 0 Å². The van der Waals surface area contributed by atoms with Gasteiger partial charge in [-0.25, -0.2) is 0 Å². The number of hydrogen-bond donors (Lipinski definition) is 2. The predicted octanol–water partition coefficient (Wildman–Crippen LogP) is 5.19. The first kappa shape index (κ1) is 17.3. The highest BCUT2D eigenvalue weighted by Crippen LogP contribution is 2.25. The fourth-order valence-electron chi connectivity index (χ4n) is 3.46. The van der Waals surface area contributed by atoms with E-state index < -0.39 is 6.04 Å². The molecule has 4 rings (SSSR count). The lowest BCUT2D eigenvalue weighted by Gasteiger charge is -2.19. The number of H-pyrrole nitrogens is 1. The molecular formula is C24H22N2O. The number of hydrogen-bond acceptors (Lipinski definition) is 2. The summed E-state index contributed by atoms with van der Waals surface area (Å²) in [5, 5.41) is 4.44. The minimum Gasteiger partial charge on any atom is -0.360 e. The molecule has 134 valence electrons. The van der Waals surface area contributed by atoms with Crippen LogP contribution in [0.2, 0.25) is 0 Å². The number of rotatable bonds is 6. The summed E-state index contributed by atoms with van der Waals surface area (Å²) in [5.41, 5.74) is 5.09. The Morgan fingerprint density at radius 2 is 1.63 bits per heavy atom. The second-order valence-electron chi connectivity index (χ2n) is 6.76. The molecule has 0 fully saturated rings. The summed E-state index contributed by atoms with van der Waals surface area (Å²) in [6, 6.07) is 25.7.